The number of benzene rings is 1. The normalized spacial score (nSPS) is 10.6. The number of amides is 1. The number of thiazole rings is 1. The maximum absolute atomic E-state index is 12.2. The summed E-state index contributed by atoms with van der Waals surface area (Å²) in [5, 5.41) is 9.37. The second-order valence-corrected chi connectivity index (χ2v) is 9.05. The monoisotopic (exact) mass is 452 g/mol. The molecule has 0 fully saturated rings. The van der Waals surface area contributed by atoms with Crippen LogP contribution in [-0.4, -0.2) is 39.0 Å². The molecule has 28 heavy (non-hydrogen) atoms. The predicted molar refractivity (Wildman–Crippen MR) is 114 cm³/mol. The summed E-state index contributed by atoms with van der Waals surface area (Å²) in [6.45, 7) is 2.08. The van der Waals surface area contributed by atoms with E-state index in [1.165, 1.54) is 34.4 Å². The number of hydrogen-bond donors (Lipinski definition) is 1. The number of thioether (sulfide) groups is 1. The van der Waals surface area contributed by atoms with Crippen molar-refractivity contribution in [1.29, 1.82) is 0 Å². The lowest BCUT2D eigenvalue weighted by Gasteiger charge is -2.01. The maximum Gasteiger partial charge on any atom is 0.311 e. The molecule has 1 amide bonds. The second-order valence-electron chi connectivity index (χ2n) is 5.34. The fourth-order valence-corrected chi connectivity index (χ4v) is 5.03. The summed E-state index contributed by atoms with van der Waals surface area (Å²) in [5.74, 6) is -0.352. The van der Waals surface area contributed by atoms with Gasteiger partial charge in [-0.05, 0) is 31.3 Å². The molecule has 0 spiro atoms. The molecule has 3 rings (SSSR count). The summed E-state index contributed by atoms with van der Waals surface area (Å²) in [5.41, 5.74) is 1.46. The van der Waals surface area contributed by atoms with Gasteiger partial charge in [0.15, 0.2) is 13.4 Å². The molecule has 11 heteroatoms. The Bertz CT molecular complexity index is 1010. The number of esters is 1. The number of rotatable bonds is 8. The lowest BCUT2D eigenvalue weighted by atomic mass is 10.3. The molecule has 0 aliphatic rings. The van der Waals surface area contributed by atoms with Crippen LogP contribution in [0.1, 0.15) is 12.6 Å². The van der Waals surface area contributed by atoms with Gasteiger partial charge in [-0.2, -0.15) is 0 Å². The third kappa shape index (κ3) is 5.71. The average molecular weight is 453 g/mol. The quantitative estimate of drug-likeness (QED) is 0.314. The molecule has 2 heterocycles. The number of carbonyl (C=O) groups is 2. The van der Waals surface area contributed by atoms with Crippen LogP contribution in [0.5, 0.6) is 0 Å². The van der Waals surface area contributed by atoms with Gasteiger partial charge in [-0.3, -0.25) is 9.59 Å². The summed E-state index contributed by atoms with van der Waals surface area (Å²) < 4.78 is 7.91. The zero-order valence-corrected chi connectivity index (χ0v) is 18.1. The summed E-state index contributed by atoms with van der Waals surface area (Å²) in [7, 11) is 0. The van der Waals surface area contributed by atoms with E-state index in [-0.39, 0.29) is 24.1 Å². The summed E-state index contributed by atoms with van der Waals surface area (Å²) in [6, 6.07) is 9.61. The Morgan fingerprint density at radius 1 is 1.32 bits per heavy atom. The van der Waals surface area contributed by atoms with Gasteiger partial charge in [-0.1, -0.05) is 41.3 Å². The van der Waals surface area contributed by atoms with Crippen LogP contribution >= 0.6 is 46.7 Å². The molecule has 0 saturated carbocycles. The second kappa shape index (κ2) is 9.92. The van der Waals surface area contributed by atoms with Crippen molar-refractivity contribution in [2.75, 3.05) is 17.7 Å². The van der Waals surface area contributed by atoms with Crippen LogP contribution < -0.4 is 5.32 Å². The smallest absolute Gasteiger partial charge is 0.311 e. The fourth-order valence-electron chi connectivity index (χ4n) is 2.14. The molecular formula is C17H16N4O3S4. The van der Waals surface area contributed by atoms with Crippen LogP contribution in [0, 0.1) is 3.95 Å². The van der Waals surface area contributed by atoms with Crippen molar-refractivity contribution in [3.05, 3.63) is 45.4 Å². The van der Waals surface area contributed by atoms with Gasteiger partial charge >= 0.3 is 5.97 Å². The molecule has 7 nitrogen and oxygen atoms in total. The topological polar surface area (TPSA) is 86.1 Å². The molecule has 0 aliphatic heterocycles. The van der Waals surface area contributed by atoms with Crippen molar-refractivity contribution >= 4 is 63.7 Å². The standard InChI is InChI=1S/C17H16N4O3S4/c1-2-24-14(23)8-11-9-26-15(18-11)19-13(22)10-27-16-20-21(17(25)28-16)12-6-4-3-5-7-12/h3-7,9H,2,8,10H2,1H3,(H,18,19,22). The van der Waals surface area contributed by atoms with Crippen molar-refractivity contribution in [1.82, 2.24) is 14.8 Å². The fraction of sp³-hybridized carbons (Fsp3) is 0.235. The Morgan fingerprint density at radius 3 is 2.86 bits per heavy atom. The minimum absolute atomic E-state index is 0.0924. The number of aromatic nitrogens is 3. The highest BCUT2D eigenvalue weighted by molar-refractivity contribution is 8.01. The highest BCUT2D eigenvalue weighted by Crippen LogP contribution is 2.24. The van der Waals surface area contributed by atoms with Gasteiger partial charge in [-0.25, -0.2) is 9.67 Å². The van der Waals surface area contributed by atoms with Crippen molar-refractivity contribution < 1.29 is 14.3 Å². The largest absolute Gasteiger partial charge is 0.466 e. The Hall–Kier alpha value is -2.08. The van der Waals surface area contributed by atoms with Gasteiger partial charge in [0, 0.05) is 5.38 Å². The van der Waals surface area contributed by atoms with Crippen molar-refractivity contribution in [2.45, 2.75) is 17.7 Å². The molecule has 0 unspecified atom stereocenters. The maximum atomic E-state index is 12.2. The lowest BCUT2D eigenvalue weighted by molar-refractivity contribution is -0.142. The molecule has 0 aliphatic carbocycles. The van der Waals surface area contributed by atoms with Crippen LogP contribution in [0.25, 0.3) is 5.69 Å². The number of nitrogens with one attached hydrogen (secondary N) is 1. The molecule has 2 aromatic heterocycles. The Balaban J connectivity index is 1.53. The van der Waals surface area contributed by atoms with Crippen LogP contribution in [-0.2, 0) is 20.7 Å². The summed E-state index contributed by atoms with van der Waals surface area (Å²) in [6.07, 6.45) is 0.0924. The molecule has 1 aromatic carbocycles. The van der Waals surface area contributed by atoms with Gasteiger partial charge in [0.1, 0.15) is 0 Å². The molecule has 0 radical (unpaired) electrons. The number of hydrogen-bond acceptors (Lipinski definition) is 9. The van der Waals surface area contributed by atoms with E-state index in [9.17, 15) is 9.59 Å². The number of anilines is 1. The molecule has 1 N–H and O–H groups in total. The first-order chi connectivity index (χ1) is 13.5. The predicted octanol–water partition coefficient (Wildman–Crippen LogP) is 3.96. The van der Waals surface area contributed by atoms with E-state index in [0.29, 0.717) is 25.7 Å². The van der Waals surface area contributed by atoms with Gasteiger partial charge in [0.05, 0.1) is 30.2 Å². The average Bonchev–Trinajstić information content (AvgIpc) is 3.27. The first-order valence-electron chi connectivity index (χ1n) is 8.23. The van der Waals surface area contributed by atoms with Gasteiger partial charge in [-0.15, -0.1) is 16.4 Å². The van der Waals surface area contributed by atoms with Gasteiger partial charge in [0.25, 0.3) is 0 Å². The molecular weight excluding hydrogens is 436 g/mol. The van der Waals surface area contributed by atoms with E-state index in [0.717, 1.165) is 5.69 Å². The summed E-state index contributed by atoms with van der Waals surface area (Å²) >= 11 is 9.29. The molecule has 0 bridgehead atoms. The van der Waals surface area contributed by atoms with Gasteiger partial charge in [0.2, 0.25) is 5.91 Å². The number of para-hydroxylation sites is 1. The zero-order chi connectivity index (χ0) is 19.9. The van der Waals surface area contributed by atoms with E-state index < -0.39 is 0 Å². The molecule has 3 aromatic rings. The molecule has 0 saturated heterocycles. The highest BCUT2D eigenvalue weighted by atomic mass is 32.2. The van der Waals surface area contributed by atoms with Crippen LogP contribution in [0.4, 0.5) is 5.13 Å². The van der Waals surface area contributed by atoms with Crippen molar-refractivity contribution in [3.63, 3.8) is 0 Å². The van der Waals surface area contributed by atoms with Crippen molar-refractivity contribution in [2.24, 2.45) is 0 Å². The first kappa shape index (κ1) is 20.6. The first-order valence-corrected chi connectivity index (χ1v) is 11.3. The SMILES string of the molecule is CCOC(=O)Cc1csc(NC(=O)CSc2nn(-c3ccccc3)c(=S)s2)n1. The number of ether oxygens (including phenoxy) is 1. The minimum Gasteiger partial charge on any atom is -0.466 e. The van der Waals surface area contributed by atoms with Crippen LogP contribution in [0.2, 0.25) is 0 Å². The lowest BCUT2D eigenvalue weighted by Crippen LogP contribution is -2.14. The highest BCUT2D eigenvalue weighted by Gasteiger charge is 2.12. The van der Waals surface area contributed by atoms with E-state index in [1.807, 2.05) is 30.3 Å². The minimum atomic E-state index is -0.337. The van der Waals surface area contributed by atoms with Crippen LogP contribution in [0.3, 0.4) is 0 Å². The van der Waals surface area contributed by atoms with Crippen molar-refractivity contribution in [3.8, 4) is 5.69 Å². The Labute approximate surface area is 178 Å². The molecule has 146 valence electrons. The zero-order valence-electron chi connectivity index (χ0n) is 14.8. The summed E-state index contributed by atoms with van der Waals surface area (Å²) in [4.78, 5) is 27.9. The van der Waals surface area contributed by atoms with E-state index >= 15 is 0 Å². The Morgan fingerprint density at radius 2 is 2.11 bits per heavy atom. The third-order valence-corrected chi connectivity index (χ3v) is 6.46. The number of carbonyl (C=O) groups excluding carboxylic acids is 2. The van der Waals surface area contributed by atoms with Crippen LogP contribution in [0.15, 0.2) is 40.1 Å². The van der Waals surface area contributed by atoms with E-state index in [1.54, 1.807) is 17.0 Å². The number of nitrogens with zero attached hydrogens (tertiary/aromatic N) is 3. The third-order valence-electron chi connectivity index (χ3n) is 3.29. The Kier molecular flexibility index (Phi) is 7.31. The van der Waals surface area contributed by atoms with Gasteiger partial charge < -0.3 is 10.1 Å². The molecule has 0 atom stereocenters. The van der Waals surface area contributed by atoms with E-state index in [4.69, 9.17) is 17.0 Å². The van der Waals surface area contributed by atoms with E-state index in [2.05, 4.69) is 15.4 Å².